The average molecular weight is 467 g/mol. The Kier molecular flexibility index (Phi) is 6.92. The maximum Gasteiger partial charge on any atom is 0.268 e. The van der Waals surface area contributed by atoms with Crippen molar-refractivity contribution >= 4 is 11.6 Å². The molecule has 7 heteroatoms. The second kappa shape index (κ2) is 10.2. The van der Waals surface area contributed by atoms with Crippen LogP contribution >= 0.6 is 0 Å². The van der Waals surface area contributed by atoms with E-state index < -0.39 is 6.10 Å². The maximum atomic E-state index is 13.1. The van der Waals surface area contributed by atoms with E-state index >= 15 is 0 Å². The molecule has 2 aliphatic heterocycles. The molecule has 1 saturated carbocycles. The number of ether oxygens (including phenoxy) is 3. The highest BCUT2D eigenvalue weighted by molar-refractivity contribution is 5.99. The van der Waals surface area contributed by atoms with Gasteiger partial charge in [-0.25, -0.2) is 0 Å². The molecule has 2 aromatic rings. The Hall–Kier alpha value is -2.77. The quantitative estimate of drug-likeness (QED) is 0.604. The third-order valence-electron chi connectivity index (χ3n) is 7.04. The van der Waals surface area contributed by atoms with Gasteiger partial charge in [-0.2, -0.15) is 0 Å². The van der Waals surface area contributed by atoms with Crippen molar-refractivity contribution in [2.45, 2.75) is 56.8 Å². The first-order valence-electron chi connectivity index (χ1n) is 12.4. The number of benzene rings is 2. The lowest BCUT2D eigenvalue weighted by Gasteiger charge is -2.31. The first-order chi connectivity index (χ1) is 16.6. The fourth-order valence-corrected chi connectivity index (χ4v) is 4.87. The SMILES string of the molecule is COc1cc(N2CC[C@H](Oc3ccc(C4CC4)cc3)C2=O)ccc1OCCN1CCCC[C@@H]1O. The van der Waals surface area contributed by atoms with Crippen molar-refractivity contribution in [1.29, 1.82) is 0 Å². The molecule has 0 unspecified atom stereocenters. The Labute approximate surface area is 201 Å². The molecule has 0 spiro atoms. The zero-order valence-corrected chi connectivity index (χ0v) is 19.8. The molecule has 3 fully saturated rings. The van der Waals surface area contributed by atoms with Crippen LogP contribution in [0, 0.1) is 0 Å². The van der Waals surface area contributed by atoms with Crippen molar-refractivity contribution in [3.63, 3.8) is 0 Å². The minimum absolute atomic E-state index is 0.0407. The van der Waals surface area contributed by atoms with Crippen LogP contribution < -0.4 is 19.1 Å². The Morgan fingerprint density at radius 2 is 1.79 bits per heavy atom. The van der Waals surface area contributed by atoms with Crippen molar-refractivity contribution in [3.05, 3.63) is 48.0 Å². The summed E-state index contributed by atoms with van der Waals surface area (Å²) in [6.45, 7) is 2.62. The monoisotopic (exact) mass is 466 g/mol. The van der Waals surface area contributed by atoms with Crippen LogP contribution in [0.1, 0.15) is 50.0 Å². The minimum Gasteiger partial charge on any atom is -0.493 e. The first kappa shape index (κ1) is 23.0. The number of methoxy groups -OCH3 is 1. The van der Waals surface area contributed by atoms with Gasteiger partial charge in [0, 0.05) is 37.8 Å². The summed E-state index contributed by atoms with van der Waals surface area (Å²) in [7, 11) is 1.60. The molecule has 1 aliphatic carbocycles. The third-order valence-corrected chi connectivity index (χ3v) is 7.04. The van der Waals surface area contributed by atoms with Gasteiger partial charge in [-0.15, -0.1) is 0 Å². The fourth-order valence-electron chi connectivity index (χ4n) is 4.87. The predicted molar refractivity (Wildman–Crippen MR) is 130 cm³/mol. The highest BCUT2D eigenvalue weighted by atomic mass is 16.5. The van der Waals surface area contributed by atoms with E-state index in [2.05, 4.69) is 12.1 Å². The number of amides is 1. The summed E-state index contributed by atoms with van der Waals surface area (Å²) in [6, 6.07) is 13.7. The number of carbonyl (C=O) groups is 1. The third kappa shape index (κ3) is 5.15. The molecule has 2 atom stereocenters. The largest absolute Gasteiger partial charge is 0.493 e. The molecule has 0 bridgehead atoms. The summed E-state index contributed by atoms with van der Waals surface area (Å²) in [5.74, 6) is 2.62. The minimum atomic E-state index is -0.482. The lowest BCUT2D eigenvalue weighted by Crippen LogP contribution is -2.41. The van der Waals surface area contributed by atoms with E-state index in [0.717, 1.165) is 37.2 Å². The molecule has 2 aromatic carbocycles. The predicted octanol–water partition coefficient (Wildman–Crippen LogP) is 3.94. The molecule has 7 nitrogen and oxygen atoms in total. The van der Waals surface area contributed by atoms with Crippen LogP contribution in [-0.2, 0) is 4.79 Å². The number of hydrogen-bond donors (Lipinski definition) is 1. The molecule has 1 N–H and O–H groups in total. The van der Waals surface area contributed by atoms with Crippen molar-refractivity contribution in [3.8, 4) is 17.2 Å². The van der Waals surface area contributed by atoms with Crippen LogP contribution in [0.25, 0.3) is 0 Å². The summed E-state index contributed by atoms with van der Waals surface area (Å²) < 4.78 is 17.5. The van der Waals surface area contributed by atoms with Crippen molar-refractivity contribution in [1.82, 2.24) is 4.90 Å². The lowest BCUT2D eigenvalue weighted by molar-refractivity contribution is -0.122. The first-order valence-corrected chi connectivity index (χ1v) is 12.4. The molecule has 0 aromatic heterocycles. The summed E-state index contributed by atoms with van der Waals surface area (Å²) in [4.78, 5) is 16.9. The zero-order valence-electron chi connectivity index (χ0n) is 19.8. The van der Waals surface area contributed by atoms with Gasteiger partial charge < -0.3 is 24.2 Å². The van der Waals surface area contributed by atoms with Crippen LogP contribution in [0.4, 0.5) is 5.69 Å². The smallest absolute Gasteiger partial charge is 0.268 e. The van der Waals surface area contributed by atoms with Crippen LogP contribution in [0.2, 0.25) is 0 Å². The highest BCUT2D eigenvalue weighted by Crippen LogP contribution is 2.40. The standard InChI is InChI=1S/C27H34N2O5/c1-32-25-18-21(9-12-23(25)33-17-16-28-14-3-2-4-26(28)30)29-15-13-24(27(29)31)34-22-10-7-20(8-11-22)19-5-6-19/h7-12,18-19,24,26,30H,2-6,13-17H2,1H3/t24-,26-/m0/s1. The summed E-state index contributed by atoms with van der Waals surface area (Å²) in [5.41, 5.74) is 2.13. The van der Waals surface area contributed by atoms with E-state index in [4.69, 9.17) is 14.2 Å². The molecule has 2 heterocycles. The van der Waals surface area contributed by atoms with Gasteiger partial charge in [-0.3, -0.25) is 9.69 Å². The molecule has 0 radical (unpaired) electrons. The number of nitrogens with zero attached hydrogens (tertiary/aromatic N) is 2. The number of aliphatic hydroxyl groups is 1. The Morgan fingerprint density at radius 3 is 2.53 bits per heavy atom. The van der Waals surface area contributed by atoms with Crippen LogP contribution in [0.15, 0.2) is 42.5 Å². The number of carbonyl (C=O) groups excluding carboxylic acids is 1. The van der Waals surface area contributed by atoms with E-state index in [-0.39, 0.29) is 12.1 Å². The second-order valence-electron chi connectivity index (χ2n) is 9.42. The molecular formula is C27H34N2O5. The number of anilines is 1. The lowest BCUT2D eigenvalue weighted by atomic mass is 10.1. The van der Waals surface area contributed by atoms with Gasteiger partial charge in [0.05, 0.1) is 7.11 Å². The molecule has 1 amide bonds. The van der Waals surface area contributed by atoms with Gasteiger partial charge in [-0.1, -0.05) is 12.1 Å². The van der Waals surface area contributed by atoms with E-state index in [0.29, 0.717) is 43.5 Å². The number of piperidine rings is 1. The molecule has 182 valence electrons. The zero-order chi connectivity index (χ0) is 23.5. The van der Waals surface area contributed by atoms with Gasteiger partial charge in [0.25, 0.3) is 5.91 Å². The maximum absolute atomic E-state index is 13.1. The molecule has 5 rings (SSSR count). The number of likely N-dealkylation sites (tertiary alicyclic amines) is 1. The van der Waals surface area contributed by atoms with Gasteiger partial charge in [0.1, 0.15) is 18.6 Å². The van der Waals surface area contributed by atoms with Gasteiger partial charge in [-0.05, 0) is 67.9 Å². The van der Waals surface area contributed by atoms with E-state index in [9.17, 15) is 9.90 Å². The van der Waals surface area contributed by atoms with E-state index in [1.165, 1.54) is 18.4 Å². The average Bonchev–Trinajstić information content (AvgIpc) is 3.65. The number of hydrogen-bond acceptors (Lipinski definition) is 6. The van der Waals surface area contributed by atoms with Crippen molar-refractivity contribution < 1.29 is 24.1 Å². The summed E-state index contributed by atoms with van der Waals surface area (Å²) in [6.07, 6.45) is 5.31. The van der Waals surface area contributed by atoms with E-state index in [1.54, 1.807) is 12.0 Å². The van der Waals surface area contributed by atoms with Gasteiger partial charge in [0.15, 0.2) is 17.6 Å². The molecule has 34 heavy (non-hydrogen) atoms. The van der Waals surface area contributed by atoms with Gasteiger partial charge in [0.2, 0.25) is 0 Å². The van der Waals surface area contributed by atoms with E-state index in [1.807, 2.05) is 35.2 Å². The molecule has 3 aliphatic rings. The normalized spacial score (nSPS) is 23.2. The van der Waals surface area contributed by atoms with Crippen LogP contribution in [0.5, 0.6) is 17.2 Å². The Bertz CT molecular complexity index is 991. The number of aliphatic hydroxyl groups excluding tert-OH is 1. The van der Waals surface area contributed by atoms with Crippen molar-refractivity contribution in [2.24, 2.45) is 0 Å². The summed E-state index contributed by atoms with van der Waals surface area (Å²) in [5, 5.41) is 10.1. The van der Waals surface area contributed by atoms with Crippen LogP contribution in [-0.4, -0.2) is 61.6 Å². The Balaban J connectivity index is 1.18. The topological polar surface area (TPSA) is 71.5 Å². The highest BCUT2D eigenvalue weighted by Gasteiger charge is 2.35. The van der Waals surface area contributed by atoms with Gasteiger partial charge >= 0.3 is 0 Å². The fraction of sp³-hybridized carbons (Fsp3) is 0.519. The second-order valence-corrected chi connectivity index (χ2v) is 9.42. The molecular weight excluding hydrogens is 432 g/mol. The Morgan fingerprint density at radius 1 is 0.971 bits per heavy atom. The van der Waals surface area contributed by atoms with Crippen molar-refractivity contribution in [2.75, 3.05) is 38.3 Å². The number of rotatable bonds is 9. The summed E-state index contributed by atoms with van der Waals surface area (Å²) >= 11 is 0. The molecule has 2 saturated heterocycles. The van der Waals surface area contributed by atoms with Crippen LogP contribution in [0.3, 0.4) is 0 Å².